The van der Waals surface area contributed by atoms with Crippen molar-refractivity contribution in [3.05, 3.63) is 0 Å². The predicted molar refractivity (Wildman–Crippen MR) is 45.9 cm³/mol. The zero-order chi connectivity index (χ0) is 9.94. The lowest BCUT2D eigenvalue weighted by atomic mass is 10.1. The number of aliphatic hydroxyl groups is 1. The third-order valence-corrected chi connectivity index (χ3v) is 1.59. The molecule has 0 aromatic heterocycles. The third kappa shape index (κ3) is 2.70. The Hall–Kier alpha value is -0.770. The second kappa shape index (κ2) is 3.76. The minimum atomic E-state index is -1.09. The van der Waals surface area contributed by atoms with Gasteiger partial charge in [0.05, 0.1) is 0 Å². The van der Waals surface area contributed by atoms with E-state index in [4.69, 9.17) is 5.11 Å². The molecule has 0 rings (SSSR count). The highest BCUT2D eigenvalue weighted by Gasteiger charge is 2.30. The summed E-state index contributed by atoms with van der Waals surface area (Å²) in [6, 6.07) is 0. The summed E-state index contributed by atoms with van der Waals surface area (Å²) in [5, 5.41) is 18.1. The molecule has 0 heterocycles. The Morgan fingerprint density at radius 3 is 2.00 bits per heavy atom. The Kier molecular flexibility index (Phi) is 3.52. The molecule has 0 aromatic rings. The van der Waals surface area contributed by atoms with Crippen LogP contribution in [0.3, 0.4) is 0 Å². The van der Waals surface area contributed by atoms with Crippen molar-refractivity contribution in [2.75, 3.05) is 0 Å². The summed E-state index contributed by atoms with van der Waals surface area (Å²) in [5.74, 6) is 0. The zero-order valence-corrected chi connectivity index (χ0v) is 8.03. The van der Waals surface area contributed by atoms with E-state index in [9.17, 15) is 9.90 Å². The molecule has 0 aliphatic carbocycles. The average Bonchev–Trinajstić information content (AvgIpc) is 1.83. The molecule has 0 aromatic carbocycles. The Labute approximate surface area is 72.8 Å². The summed E-state index contributed by atoms with van der Waals surface area (Å²) in [7, 11) is 0. The Balaban J connectivity index is 4.56. The van der Waals surface area contributed by atoms with Gasteiger partial charge in [-0.3, -0.25) is 4.90 Å². The number of carboxylic acid groups (broad SMARTS) is 1. The topological polar surface area (TPSA) is 60.8 Å². The SMILES string of the molecule is CCC(O)N(C(=O)O)C(C)(C)C. The van der Waals surface area contributed by atoms with E-state index in [2.05, 4.69) is 0 Å². The molecule has 2 N–H and O–H groups in total. The molecule has 0 bridgehead atoms. The van der Waals surface area contributed by atoms with Gasteiger partial charge in [-0.1, -0.05) is 6.92 Å². The van der Waals surface area contributed by atoms with Gasteiger partial charge in [0.15, 0.2) is 0 Å². The van der Waals surface area contributed by atoms with Crippen molar-refractivity contribution in [1.82, 2.24) is 4.90 Å². The molecule has 0 saturated heterocycles. The maximum absolute atomic E-state index is 10.7. The van der Waals surface area contributed by atoms with Crippen LogP contribution in [0.5, 0.6) is 0 Å². The van der Waals surface area contributed by atoms with Gasteiger partial charge in [-0.25, -0.2) is 4.79 Å². The molecule has 4 heteroatoms. The average molecular weight is 175 g/mol. The standard InChI is InChI=1S/C8H17NO3/c1-5-6(10)9(7(11)12)8(2,3)4/h6,10H,5H2,1-4H3,(H,11,12). The summed E-state index contributed by atoms with van der Waals surface area (Å²) in [4.78, 5) is 11.8. The van der Waals surface area contributed by atoms with Crippen LogP contribution in [0, 0.1) is 0 Å². The summed E-state index contributed by atoms with van der Waals surface area (Å²) in [5.41, 5.74) is -0.554. The van der Waals surface area contributed by atoms with E-state index in [0.717, 1.165) is 4.90 Å². The Morgan fingerprint density at radius 2 is 1.92 bits per heavy atom. The number of rotatable bonds is 2. The number of hydrogen-bond donors (Lipinski definition) is 2. The summed E-state index contributed by atoms with van der Waals surface area (Å²) < 4.78 is 0. The van der Waals surface area contributed by atoms with Crippen molar-refractivity contribution in [2.24, 2.45) is 0 Å². The van der Waals surface area contributed by atoms with Crippen LogP contribution < -0.4 is 0 Å². The molecule has 0 aliphatic heterocycles. The maximum atomic E-state index is 10.7. The first kappa shape index (κ1) is 11.2. The molecule has 1 unspecified atom stereocenters. The van der Waals surface area contributed by atoms with E-state index < -0.39 is 17.9 Å². The molecule has 4 nitrogen and oxygen atoms in total. The van der Waals surface area contributed by atoms with Gasteiger partial charge in [0.2, 0.25) is 0 Å². The van der Waals surface area contributed by atoms with E-state index in [1.54, 1.807) is 27.7 Å². The number of hydrogen-bond acceptors (Lipinski definition) is 2. The van der Waals surface area contributed by atoms with Crippen LogP contribution in [0.1, 0.15) is 34.1 Å². The molecule has 0 radical (unpaired) electrons. The molecule has 0 fully saturated rings. The summed E-state index contributed by atoms with van der Waals surface area (Å²) in [6.07, 6.45) is -1.59. The van der Waals surface area contributed by atoms with Gasteiger partial charge in [0.1, 0.15) is 6.23 Å². The first-order valence-corrected chi connectivity index (χ1v) is 4.01. The highest BCUT2D eigenvalue weighted by molar-refractivity contribution is 5.66. The van der Waals surface area contributed by atoms with Crippen molar-refractivity contribution in [2.45, 2.75) is 45.9 Å². The zero-order valence-electron chi connectivity index (χ0n) is 8.03. The van der Waals surface area contributed by atoms with Crippen molar-refractivity contribution in [3.8, 4) is 0 Å². The molecular weight excluding hydrogens is 158 g/mol. The Bertz CT molecular complexity index is 162. The van der Waals surface area contributed by atoms with Crippen LogP contribution in [0.2, 0.25) is 0 Å². The Morgan fingerprint density at radius 1 is 1.50 bits per heavy atom. The molecule has 0 spiro atoms. The largest absolute Gasteiger partial charge is 0.465 e. The van der Waals surface area contributed by atoms with Crippen LogP contribution in [-0.2, 0) is 0 Å². The molecule has 1 atom stereocenters. The number of carbonyl (C=O) groups is 1. The van der Waals surface area contributed by atoms with E-state index in [0.29, 0.717) is 6.42 Å². The number of aliphatic hydroxyl groups excluding tert-OH is 1. The van der Waals surface area contributed by atoms with Crippen LogP contribution in [0.4, 0.5) is 4.79 Å². The van der Waals surface area contributed by atoms with E-state index >= 15 is 0 Å². The highest BCUT2D eigenvalue weighted by Crippen LogP contribution is 2.17. The van der Waals surface area contributed by atoms with Gasteiger partial charge < -0.3 is 10.2 Å². The van der Waals surface area contributed by atoms with Crippen molar-refractivity contribution in [1.29, 1.82) is 0 Å². The maximum Gasteiger partial charge on any atom is 0.409 e. The highest BCUT2D eigenvalue weighted by atomic mass is 16.4. The first-order chi connectivity index (χ1) is 5.30. The van der Waals surface area contributed by atoms with Crippen LogP contribution in [0.15, 0.2) is 0 Å². The van der Waals surface area contributed by atoms with Crippen LogP contribution in [0.25, 0.3) is 0 Å². The summed E-state index contributed by atoms with van der Waals surface area (Å²) in [6.45, 7) is 6.99. The minimum Gasteiger partial charge on any atom is -0.465 e. The van der Waals surface area contributed by atoms with Gasteiger partial charge >= 0.3 is 6.09 Å². The smallest absolute Gasteiger partial charge is 0.409 e. The lowest BCUT2D eigenvalue weighted by molar-refractivity contribution is -0.0351. The molecule has 12 heavy (non-hydrogen) atoms. The van der Waals surface area contributed by atoms with Gasteiger partial charge in [-0.05, 0) is 27.2 Å². The molecule has 1 amide bonds. The van der Waals surface area contributed by atoms with E-state index in [1.165, 1.54) is 0 Å². The second-order valence-electron chi connectivity index (χ2n) is 3.71. The van der Waals surface area contributed by atoms with Crippen LogP contribution in [-0.4, -0.2) is 33.0 Å². The van der Waals surface area contributed by atoms with Crippen molar-refractivity contribution >= 4 is 6.09 Å². The van der Waals surface area contributed by atoms with Crippen LogP contribution >= 0.6 is 0 Å². The molecular formula is C8H17NO3. The van der Waals surface area contributed by atoms with Gasteiger partial charge in [0, 0.05) is 5.54 Å². The lowest BCUT2D eigenvalue weighted by Crippen LogP contribution is -2.50. The molecule has 72 valence electrons. The quantitative estimate of drug-likeness (QED) is 0.625. The van der Waals surface area contributed by atoms with E-state index in [1.807, 2.05) is 0 Å². The normalized spacial score (nSPS) is 14.1. The van der Waals surface area contributed by atoms with Gasteiger partial charge in [0.25, 0.3) is 0 Å². The van der Waals surface area contributed by atoms with E-state index in [-0.39, 0.29) is 0 Å². The van der Waals surface area contributed by atoms with Crippen molar-refractivity contribution < 1.29 is 15.0 Å². The fourth-order valence-electron chi connectivity index (χ4n) is 1.04. The monoisotopic (exact) mass is 175 g/mol. The predicted octanol–water partition coefficient (Wildman–Crippen LogP) is 1.49. The second-order valence-corrected chi connectivity index (χ2v) is 3.71. The van der Waals surface area contributed by atoms with Crippen molar-refractivity contribution in [3.63, 3.8) is 0 Å². The first-order valence-electron chi connectivity index (χ1n) is 4.01. The minimum absolute atomic E-state index is 0.406. The van der Waals surface area contributed by atoms with Gasteiger partial charge in [-0.2, -0.15) is 0 Å². The lowest BCUT2D eigenvalue weighted by Gasteiger charge is -2.36. The molecule has 0 aliphatic rings. The summed E-state index contributed by atoms with van der Waals surface area (Å²) >= 11 is 0. The van der Waals surface area contributed by atoms with Gasteiger partial charge in [-0.15, -0.1) is 0 Å². The number of amides is 1. The number of nitrogens with zero attached hydrogens (tertiary/aromatic N) is 1. The fourth-order valence-corrected chi connectivity index (χ4v) is 1.04. The fraction of sp³-hybridized carbons (Fsp3) is 0.875. The molecule has 0 saturated carbocycles. The third-order valence-electron chi connectivity index (χ3n) is 1.59.